The standard InChI is InChI=1S/C13H14O3S/c1-10-5-7-12(8-6-10)17(15,16)13-4-2-3-11(14)9-13/h5-9H,2-4H2,1H3. The minimum atomic E-state index is -3.47. The summed E-state index contributed by atoms with van der Waals surface area (Å²) in [5.41, 5.74) is 1.01. The zero-order valence-electron chi connectivity index (χ0n) is 9.64. The molecule has 0 saturated carbocycles. The molecule has 0 amide bonds. The molecule has 0 radical (unpaired) electrons. The molecule has 0 atom stereocenters. The quantitative estimate of drug-likeness (QED) is 0.810. The van der Waals surface area contributed by atoms with E-state index in [0.717, 1.165) is 5.56 Å². The van der Waals surface area contributed by atoms with Gasteiger partial charge in [-0.15, -0.1) is 0 Å². The van der Waals surface area contributed by atoms with Gasteiger partial charge in [-0.1, -0.05) is 17.7 Å². The molecule has 0 aliphatic heterocycles. The molecule has 1 aromatic carbocycles. The topological polar surface area (TPSA) is 51.2 Å². The number of benzene rings is 1. The van der Waals surface area contributed by atoms with Gasteiger partial charge in [0.1, 0.15) is 0 Å². The molecule has 90 valence electrons. The Morgan fingerprint density at radius 2 is 1.71 bits per heavy atom. The van der Waals surface area contributed by atoms with Gasteiger partial charge in [0.2, 0.25) is 9.84 Å². The molecule has 0 unspecified atom stereocenters. The van der Waals surface area contributed by atoms with Gasteiger partial charge in [-0.05, 0) is 38.0 Å². The third-order valence-corrected chi connectivity index (χ3v) is 4.75. The van der Waals surface area contributed by atoms with Gasteiger partial charge in [-0.25, -0.2) is 8.42 Å². The normalized spacial score (nSPS) is 16.8. The van der Waals surface area contributed by atoms with Gasteiger partial charge in [0.25, 0.3) is 0 Å². The number of rotatable bonds is 2. The van der Waals surface area contributed by atoms with Crippen molar-refractivity contribution in [1.82, 2.24) is 0 Å². The van der Waals surface area contributed by atoms with E-state index in [0.29, 0.717) is 19.3 Å². The van der Waals surface area contributed by atoms with Gasteiger partial charge in [-0.2, -0.15) is 0 Å². The average molecular weight is 250 g/mol. The summed E-state index contributed by atoms with van der Waals surface area (Å²) in [6, 6.07) is 6.70. The summed E-state index contributed by atoms with van der Waals surface area (Å²) in [5.74, 6) is -0.0954. The zero-order valence-corrected chi connectivity index (χ0v) is 10.5. The van der Waals surface area contributed by atoms with Crippen molar-refractivity contribution in [3.8, 4) is 0 Å². The van der Waals surface area contributed by atoms with E-state index in [-0.39, 0.29) is 15.6 Å². The molecule has 17 heavy (non-hydrogen) atoms. The highest BCUT2D eigenvalue weighted by Gasteiger charge is 2.23. The Labute approximate surface area is 101 Å². The number of carbonyl (C=O) groups excluding carboxylic acids is 1. The second-order valence-electron chi connectivity index (χ2n) is 4.25. The monoisotopic (exact) mass is 250 g/mol. The second-order valence-corrected chi connectivity index (χ2v) is 6.25. The van der Waals surface area contributed by atoms with Crippen LogP contribution in [0.25, 0.3) is 0 Å². The Balaban J connectivity index is 2.43. The number of hydrogen-bond donors (Lipinski definition) is 0. The van der Waals surface area contributed by atoms with Crippen LogP contribution < -0.4 is 0 Å². The molecule has 1 aliphatic rings. The highest BCUT2D eigenvalue weighted by Crippen LogP contribution is 2.26. The number of sulfone groups is 1. The van der Waals surface area contributed by atoms with E-state index in [2.05, 4.69) is 0 Å². The third-order valence-electron chi connectivity index (χ3n) is 2.84. The van der Waals surface area contributed by atoms with Crippen LogP contribution in [0.15, 0.2) is 40.1 Å². The van der Waals surface area contributed by atoms with Crippen LogP contribution in [0.1, 0.15) is 24.8 Å². The van der Waals surface area contributed by atoms with Crippen molar-refractivity contribution in [3.05, 3.63) is 40.8 Å². The fraction of sp³-hybridized carbons (Fsp3) is 0.308. The first-order chi connectivity index (χ1) is 8.00. The number of allylic oxidation sites excluding steroid dienone is 2. The van der Waals surface area contributed by atoms with E-state index in [4.69, 9.17) is 0 Å². The van der Waals surface area contributed by atoms with Crippen molar-refractivity contribution in [2.24, 2.45) is 0 Å². The maximum Gasteiger partial charge on any atom is 0.202 e. The van der Waals surface area contributed by atoms with E-state index in [9.17, 15) is 13.2 Å². The Hall–Kier alpha value is -1.42. The molecule has 0 aromatic heterocycles. The molecule has 1 aromatic rings. The fourth-order valence-corrected chi connectivity index (χ4v) is 3.34. The predicted octanol–water partition coefficient (Wildman–Crippen LogP) is 2.41. The third kappa shape index (κ3) is 2.47. The van der Waals surface area contributed by atoms with Gasteiger partial charge >= 0.3 is 0 Å². The SMILES string of the molecule is Cc1ccc(S(=O)(=O)C2=CC(=O)CCC2)cc1. The molecule has 3 nitrogen and oxygen atoms in total. The predicted molar refractivity (Wildman–Crippen MR) is 65.3 cm³/mol. The number of ketones is 1. The maximum atomic E-state index is 12.2. The van der Waals surface area contributed by atoms with Gasteiger partial charge in [0.05, 0.1) is 9.80 Å². The van der Waals surface area contributed by atoms with Crippen LogP contribution in [0.5, 0.6) is 0 Å². The Morgan fingerprint density at radius 3 is 2.29 bits per heavy atom. The summed E-state index contributed by atoms with van der Waals surface area (Å²) in [7, 11) is -3.47. The van der Waals surface area contributed by atoms with Crippen molar-refractivity contribution in [2.75, 3.05) is 0 Å². The largest absolute Gasteiger partial charge is 0.295 e. The van der Waals surface area contributed by atoms with Crippen LogP contribution in [0.2, 0.25) is 0 Å². The van der Waals surface area contributed by atoms with Crippen LogP contribution in [-0.4, -0.2) is 14.2 Å². The van der Waals surface area contributed by atoms with Crippen LogP contribution in [0.3, 0.4) is 0 Å². The molecule has 0 bridgehead atoms. The zero-order chi connectivity index (χ0) is 12.5. The molecular weight excluding hydrogens is 236 g/mol. The minimum absolute atomic E-state index is 0.0954. The lowest BCUT2D eigenvalue weighted by Crippen LogP contribution is -2.11. The van der Waals surface area contributed by atoms with E-state index in [1.54, 1.807) is 24.3 Å². The first-order valence-corrected chi connectivity index (χ1v) is 7.03. The number of carbonyl (C=O) groups is 1. The first kappa shape index (κ1) is 12.0. The summed E-state index contributed by atoms with van der Waals surface area (Å²) >= 11 is 0. The van der Waals surface area contributed by atoms with Crippen LogP contribution in [-0.2, 0) is 14.6 Å². The smallest absolute Gasteiger partial charge is 0.202 e. The van der Waals surface area contributed by atoms with E-state index in [1.165, 1.54) is 6.08 Å². The molecule has 0 heterocycles. The van der Waals surface area contributed by atoms with Crippen molar-refractivity contribution in [1.29, 1.82) is 0 Å². The second kappa shape index (κ2) is 4.45. The van der Waals surface area contributed by atoms with Gasteiger partial charge in [0.15, 0.2) is 5.78 Å². The Bertz CT molecular complexity index is 565. The summed E-state index contributed by atoms with van der Waals surface area (Å²) in [5, 5.41) is 0. The number of aryl methyl sites for hydroxylation is 1. The summed E-state index contributed by atoms with van der Waals surface area (Å²) in [4.78, 5) is 11.8. The molecule has 0 saturated heterocycles. The Morgan fingerprint density at radius 1 is 1.06 bits per heavy atom. The van der Waals surface area contributed by atoms with Crippen molar-refractivity contribution >= 4 is 15.6 Å². The number of hydrogen-bond acceptors (Lipinski definition) is 3. The van der Waals surface area contributed by atoms with Crippen LogP contribution in [0, 0.1) is 6.92 Å². The van der Waals surface area contributed by atoms with Crippen molar-refractivity contribution in [2.45, 2.75) is 31.1 Å². The van der Waals surface area contributed by atoms with E-state index >= 15 is 0 Å². The lowest BCUT2D eigenvalue weighted by molar-refractivity contribution is -0.115. The molecule has 2 rings (SSSR count). The van der Waals surface area contributed by atoms with Crippen molar-refractivity contribution in [3.63, 3.8) is 0 Å². The van der Waals surface area contributed by atoms with E-state index < -0.39 is 9.84 Å². The molecule has 4 heteroatoms. The lowest BCUT2D eigenvalue weighted by atomic mass is 10.1. The van der Waals surface area contributed by atoms with Gasteiger partial charge in [0, 0.05) is 6.42 Å². The van der Waals surface area contributed by atoms with Crippen molar-refractivity contribution < 1.29 is 13.2 Å². The fourth-order valence-electron chi connectivity index (χ4n) is 1.84. The molecule has 0 N–H and O–H groups in total. The van der Waals surface area contributed by atoms with E-state index in [1.807, 2.05) is 6.92 Å². The summed E-state index contributed by atoms with van der Waals surface area (Å²) in [6.45, 7) is 1.90. The van der Waals surface area contributed by atoms with Crippen LogP contribution >= 0.6 is 0 Å². The highest BCUT2D eigenvalue weighted by atomic mass is 32.2. The highest BCUT2D eigenvalue weighted by molar-refractivity contribution is 7.95. The Kier molecular flexibility index (Phi) is 3.15. The average Bonchev–Trinajstić information content (AvgIpc) is 2.29. The van der Waals surface area contributed by atoms with Gasteiger partial charge in [-0.3, -0.25) is 4.79 Å². The molecule has 0 fully saturated rings. The summed E-state index contributed by atoms with van der Waals surface area (Å²) in [6.07, 6.45) is 2.81. The molecule has 0 spiro atoms. The van der Waals surface area contributed by atoms with Crippen LogP contribution in [0.4, 0.5) is 0 Å². The summed E-state index contributed by atoms with van der Waals surface area (Å²) < 4.78 is 24.4. The molecule has 1 aliphatic carbocycles. The van der Waals surface area contributed by atoms with Gasteiger partial charge < -0.3 is 0 Å². The first-order valence-electron chi connectivity index (χ1n) is 5.55. The lowest BCUT2D eigenvalue weighted by Gasteiger charge is -2.12. The molecular formula is C13H14O3S. The minimum Gasteiger partial charge on any atom is -0.295 e. The maximum absolute atomic E-state index is 12.2.